The molecule has 1 aliphatic rings. The predicted molar refractivity (Wildman–Crippen MR) is 99.1 cm³/mol. The van der Waals surface area contributed by atoms with Crippen LogP contribution < -0.4 is 5.32 Å². The maximum Gasteiger partial charge on any atom is 0.276 e. The monoisotopic (exact) mass is 399 g/mol. The Kier molecular flexibility index (Phi) is 4.17. The molecule has 2 heterocycles. The number of anilines is 1. The van der Waals surface area contributed by atoms with Gasteiger partial charge in [-0.05, 0) is 43.9 Å². The number of fused-ring (bicyclic) bond motifs is 1. The van der Waals surface area contributed by atoms with E-state index in [0.717, 1.165) is 47.1 Å². The van der Waals surface area contributed by atoms with Crippen molar-refractivity contribution in [3.05, 3.63) is 58.1 Å². The summed E-state index contributed by atoms with van der Waals surface area (Å²) < 4.78 is 4.56. The fraction of sp³-hybridized carbons (Fsp3) is 0.278. The van der Waals surface area contributed by atoms with Crippen LogP contribution >= 0.6 is 15.9 Å². The van der Waals surface area contributed by atoms with E-state index in [1.807, 2.05) is 36.0 Å². The highest BCUT2D eigenvalue weighted by molar-refractivity contribution is 9.10. The minimum Gasteiger partial charge on any atom is -0.318 e. The number of nitrogens with zero attached hydrogens (tertiary/aromatic N) is 4. The average Bonchev–Trinajstić information content (AvgIpc) is 3.18. The number of rotatable bonds is 3. The predicted octanol–water partition coefficient (Wildman–Crippen LogP) is 3.50. The summed E-state index contributed by atoms with van der Waals surface area (Å²) in [6, 6.07) is 7.99. The highest BCUT2D eigenvalue weighted by Gasteiger charge is 2.25. The normalized spacial score (nSPS) is 13.5. The van der Waals surface area contributed by atoms with Crippen LogP contribution in [0.15, 0.2) is 41.1 Å². The van der Waals surface area contributed by atoms with Crippen molar-refractivity contribution >= 4 is 27.5 Å². The largest absolute Gasteiger partial charge is 0.318 e. The molecule has 0 saturated heterocycles. The van der Waals surface area contributed by atoms with Gasteiger partial charge in [-0.2, -0.15) is 10.2 Å². The summed E-state index contributed by atoms with van der Waals surface area (Å²) in [5.74, 6) is -0.181. The number of carbonyl (C=O) groups is 1. The Bertz CT molecular complexity index is 943. The molecule has 7 heteroatoms. The molecule has 0 atom stereocenters. The van der Waals surface area contributed by atoms with Crippen molar-refractivity contribution in [2.75, 3.05) is 5.32 Å². The lowest BCUT2D eigenvalue weighted by atomic mass is 9.95. The van der Waals surface area contributed by atoms with Crippen molar-refractivity contribution in [2.45, 2.75) is 25.7 Å². The SMILES string of the molecule is Cn1cc(NC(=O)c2nn(-c3cccc(Br)c3)c3c2CCCC3)cn1. The highest BCUT2D eigenvalue weighted by Crippen LogP contribution is 2.28. The molecule has 1 N–H and O–H groups in total. The number of amides is 1. The van der Waals surface area contributed by atoms with Crippen molar-refractivity contribution in [3.63, 3.8) is 0 Å². The van der Waals surface area contributed by atoms with Crippen LogP contribution in [0.4, 0.5) is 5.69 Å². The second-order valence-corrected chi connectivity index (χ2v) is 7.15. The molecule has 4 rings (SSSR count). The average molecular weight is 400 g/mol. The molecule has 1 aromatic carbocycles. The van der Waals surface area contributed by atoms with Gasteiger partial charge in [-0.1, -0.05) is 22.0 Å². The lowest BCUT2D eigenvalue weighted by molar-refractivity contribution is 0.102. The van der Waals surface area contributed by atoms with E-state index in [1.165, 1.54) is 0 Å². The van der Waals surface area contributed by atoms with Crippen molar-refractivity contribution in [3.8, 4) is 5.69 Å². The van der Waals surface area contributed by atoms with E-state index in [4.69, 9.17) is 0 Å². The number of hydrogen-bond acceptors (Lipinski definition) is 3. The smallest absolute Gasteiger partial charge is 0.276 e. The lowest BCUT2D eigenvalue weighted by Gasteiger charge is -2.14. The minimum atomic E-state index is -0.181. The van der Waals surface area contributed by atoms with Gasteiger partial charge in [0.15, 0.2) is 5.69 Å². The van der Waals surface area contributed by atoms with E-state index in [1.54, 1.807) is 17.1 Å². The lowest BCUT2D eigenvalue weighted by Crippen LogP contribution is -2.15. The second kappa shape index (κ2) is 6.48. The third kappa shape index (κ3) is 3.11. The second-order valence-electron chi connectivity index (χ2n) is 6.23. The summed E-state index contributed by atoms with van der Waals surface area (Å²) in [6.45, 7) is 0. The molecule has 0 unspecified atom stereocenters. The Labute approximate surface area is 154 Å². The van der Waals surface area contributed by atoms with Gasteiger partial charge in [-0.15, -0.1) is 0 Å². The minimum absolute atomic E-state index is 0.181. The molecule has 0 fully saturated rings. The number of carbonyl (C=O) groups excluding carboxylic acids is 1. The Hall–Kier alpha value is -2.41. The number of aromatic nitrogens is 4. The van der Waals surface area contributed by atoms with Crippen LogP contribution in [0.2, 0.25) is 0 Å². The van der Waals surface area contributed by atoms with E-state index in [0.29, 0.717) is 11.4 Å². The molecule has 6 nitrogen and oxygen atoms in total. The summed E-state index contributed by atoms with van der Waals surface area (Å²) in [6.07, 6.45) is 7.44. The number of halogens is 1. The first-order valence-corrected chi connectivity index (χ1v) is 9.08. The Morgan fingerprint density at radius 2 is 2.12 bits per heavy atom. The zero-order chi connectivity index (χ0) is 17.4. The maximum absolute atomic E-state index is 12.8. The first kappa shape index (κ1) is 16.1. The van der Waals surface area contributed by atoms with Crippen molar-refractivity contribution < 1.29 is 4.79 Å². The fourth-order valence-corrected chi connectivity index (χ4v) is 3.67. The Balaban J connectivity index is 1.74. The van der Waals surface area contributed by atoms with Crippen LogP contribution in [0, 0.1) is 0 Å². The summed E-state index contributed by atoms with van der Waals surface area (Å²) in [5.41, 5.74) is 4.36. The summed E-state index contributed by atoms with van der Waals surface area (Å²) >= 11 is 3.51. The topological polar surface area (TPSA) is 64.7 Å². The van der Waals surface area contributed by atoms with Gasteiger partial charge in [0.05, 0.1) is 17.6 Å². The van der Waals surface area contributed by atoms with Crippen LogP contribution in [-0.2, 0) is 19.9 Å². The molecule has 1 amide bonds. The molecule has 3 aromatic rings. The molecular weight excluding hydrogens is 382 g/mol. The molecule has 0 radical (unpaired) electrons. The van der Waals surface area contributed by atoms with Crippen LogP contribution in [-0.4, -0.2) is 25.5 Å². The van der Waals surface area contributed by atoms with E-state index in [-0.39, 0.29) is 5.91 Å². The highest BCUT2D eigenvalue weighted by atomic mass is 79.9. The van der Waals surface area contributed by atoms with Gasteiger partial charge in [0.2, 0.25) is 0 Å². The Morgan fingerprint density at radius 3 is 2.88 bits per heavy atom. The number of benzene rings is 1. The third-order valence-electron chi connectivity index (χ3n) is 4.41. The van der Waals surface area contributed by atoms with Gasteiger partial charge in [0.1, 0.15) is 0 Å². The first-order valence-electron chi connectivity index (χ1n) is 8.28. The summed E-state index contributed by atoms with van der Waals surface area (Å²) in [5, 5.41) is 11.6. The molecule has 0 aliphatic heterocycles. The van der Waals surface area contributed by atoms with Crippen LogP contribution in [0.5, 0.6) is 0 Å². The molecule has 25 heavy (non-hydrogen) atoms. The molecule has 0 saturated carbocycles. The Morgan fingerprint density at radius 1 is 1.28 bits per heavy atom. The van der Waals surface area contributed by atoms with Crippen LogP contribution in [0.3, 0.4) is 0 Å². The number of hydrogen-bond donors (Lipinski definition) is 1. The van der Waals surface area contributed by atoms with Crippen LogP contribution in [0.1, 0.15) is 34.6 Å². The summed E-state index contributed by atoms with van der Waals surface area (Å²) in [4.78, 5) is 12.8. The molecule has 0 spiro atoms. The van der Waals surface area contributed by atoms with E-state index < -0.39 is 0 Å². The summed E-state index contributed by atoms with van der Waals surface area (Å²) in [7, 11) is 1.82. The maximum atomic E-state index is 12.8. The van der Waals surface area contributed by atoms with Gasteiger partial charge in [-0.25, -0.2) is 4.68 Å². The number of nitrogens with one attached hydrogen (secondary N) is 1. The molecule has 1 aliphatic carbocycles. The third-order valence-corrected chi connectivity index (χ3v) is 4.90. The fourth-order valence-electron chi connectivity index (χ4n) is 3.28. The van der Waals surface area contributed by atoms with E-state index >= 15 is 0 Å². The van der Waals surface area contributed by atoms with Crippen LogP contribution in [0.25, 0.3) is 5.69 Å². The molecule has 128 valence electrons. The molecule has 2 aromatic heterocycles. The van der Waals surface area contributed by atoms with Gasteiger partial charge in [-0.3, -0.25) is 9.48 Å². The van der Waals surface area contributed by atoms with Gasteiger partial charge in [0.25, 0.3) is 5.91 Å². The van der Waals surface area contributed by atoms with Crippen molar-refractivity contribution in [1.29, 1.82) is 0 Å². The van der Waals surface area contributed by atoms with E-state index in [9.17, 15) is 4.79 Å². The number of aryl methyl sites for hydroxylation is 1. The zero-order valence-electron chi connectivity index (χ0n) is 13.9. The van der Waals surface area contributed by atoms with Gasteiger partial charge in [0, 0.05) is 29.0 Å². The quantitative estimate of drug-likeness (QED) is 0.732. The van der Waals surface area contributed by atoms with Gasteiger partial charge >= 0.3 is 0 Å². The zero-order valence-corrected chi connectivity index (χ0v) is 15.5. The standard InChI is InChI=1S/C18H18BrN5O/c1-23-11-13(10-20-23)21-18(25)17-15-7-2-3-8-16(15)24(22-17)14-6-4-5-12(19)9-14/h4-6,9-11H,2-3,7-8H2,1H3,(H,21,25). The van der Waals surface area contributed by atoms with Crippen molar-refractivity contribution in [1.82, 2.24) is 19.6 Å². The first-order chi connectivity index (χ1) is 12.1. The van der Waals surface area contributed by atoms with Crippen molar-refractivity contribution in [2.24, 2.45) is 7.05 Å². The van der Waals surface area contributed by atoms with Gasteiger partial charge < -0.3 is 5.32 Å². The molecule has 0 bridgehead atoms. The van der Waals surface area contributed by atoms with E-state index in [2.05, 4.69) is 31.4 Å². The molecular formula is C18H18BrN5O.